The summed E-state index contributed by atoms with van der Waals surface area (Å²) in [5.41, 5.74) is 6.18. The van der Waals surface area contributed by atoms with Gasteiger partial charge in [-0.1, -0.05) is 37.3 Å². The van der Waals surface area contributed by atoms with Gasteiger partial charge in [0.05, 0.1) is 6.61 Å². The van der Waals surface area contributed by atoms with Crippen LogP contribution >= 0.6 is 12.2 Å². The quantitative estimate of drug-likeness (QED) is 0.350. The Hall–Kier alpha value is -3.46. The largest absolute Gasteiger partial charge is 0.494 e. The molecule has 0 aliphatic heterocycles. The molecule has 3 amide bonds. The van der Waals surface area contributed by atoms with Crippen LogP contribution in [-0.4, -0.2) is 29.4 Å². The van der Waals surface area contributed by atoms with Crippen LogP contribution in [0.25, 0.3) is 0 Å². The molecule has 4 N–H and O–H groups in total. The highest BCUT2D eigenvalue weighted by Gasteiger charge is 2.10. The Bertz CT molecular complexity index is 888. The molecule has 0 fully saturated rings. The molecule has 0 radical (unpaired) electrons. The average Bonchev–Trinajstić information content (AvgIpc) is 2.79. The highest BCUT2D eigenvalue weighted by Crippen LogP contribution is 2.12. The van der Waals surface area contributed by atoms with Crippen molar-refractivity contribution < 1.29 is 19.1 Å². The number of carbonyl (C=O) groups excluding carboxylic acids is 3. The van der Waals surface area contributed by atoms with Crippen molar-refractivity contribution in [3.05, 3.63) is 65.7 Å². The van der Waals surface area contributed by atoms with E-state index in [-0.39, 0.29) is 23.9 Å². The summed E-state index contributed by atoms with van der Waals surface area (Å²) < 4.78 is 5.47. The molecule has 0 aliphatic rings. The fourth-order valence-corrected chi connectivity index (χ4v) is 2.57. The van der Waals surface area contributed by atoms with Crippen LogP contribution in [0.2, 0.25) is 0 Å². The first-order valence-corrected chi connectivity index (χ1v) is 10.3. The van der Waals surface area contributed by atoms with Gasteiger partial charge in [-0.2, -0.15) is 0 Å². The van der Waals surface area contributed by atoms with E-state index in [1.54, 1.807) is 24.3 Å². The van der Waals surface area contributed by atoms with Crippen LogP contribution in [0.5, 0.6) is 5.75 Å². The first-order valence-electron chi connectivity index (χ1n) is 9.91. The van der Waals surface area contributed by atoms with Gasteiger partial charge in [0.1, 0.15) is 5.75 Å². The van der Waals surface area contributed by atoms with Crippen molar-refractivity contribution in [2.24, 2.45) is 0 Å². The fourth-order valence-electron chi connectivity index (χ4n) is 2.43. The van der Waals surface area contributed by atoms with Gasteiger partial charge in [0, 0.05) is 24.9 Å². The Labute approximate surface area is 186 Å². The molecule has 0 spiro atoms. The number of hydrazine groups is 1. The third kappa shape index (κ3) is 9.26. The second-order valence-electron chi connectivity index (χ2n) is 6.59. The first-order chi connectivity index (χ1) is 15.0. The smallest absolute Gasteiger partial charge is 0.257 e. The van der Waals surface area contributed by atoms with Crippen molar-refractivity contribution >= 4 is 35.1 Å². The number of ether oxygens (including phenoxy) is 1. The molecule has 8 nitrogen and oxygen atoms in total. The van der Waals surface area contributed by atoms with Crippen LogP contribution < -0.4 is 26.2 Å². The van der Waals surface area contributed by atoms with Crippen molar-refractivity contribution in [3.63, 3.8) is 0 Å². The molecular weight excluding hydrogens is 416 g/mol. The molecule has 0 heterocycles. The van der Waals surface area contributed by atoms with Gasteiger partial charge >= 0.3 is 0 Å². The van der Waals surface area contributed by atoms with Crippen molar-refractivity contribution in [2.45, 2.75) is 32.7 Å². The van der Waals surface area contributed by atoms with Crippen LogP contribution in [0.3, 0.4) is 0 Å². The number of rotatable bonds is 9. The molecule has 0 aliphatic carbocycles. The van der Waals surface area contributed by atoms with Gasteiger partial charge in [0.2, 0.25) is 11.8 Å². The third-order valence-electron chi connectivity index (χ3n) is 4.04. The lowest BCUT2D eigenvalue weighted by Crippen LogP contribution is -2.48. The van der Waals surface area contributed by atoms with Gasteiger partial charge in [0.25, 0.3) is 5.91 Å². The maximum Gasteiger partial charge on any atom is 0.257 e. The molecule has 2 rings (SSSR count). The van der Waals surface area contributed by atoms with E-state index in [1.165, 1.54) is 0 Å². The first kappa shape index (κ1) is 23.8. The van der Waals surface area contributed by atoms with E-state index in [1.807, 2.05) is 37.3 Å². The molecule has 31 heavy (non-hydrogen) atoms. The van der Waals surface area contributed by atoms with Crippen molar-refractivity contribution in [1.29, 1.82) is 0 Å². The monoisotopic (exact) mass is 442 g/mol. The van der Waals surface area contributed by atoms with Crippen LogP contribution in [0.4, 0.5) is 0 Å². The van der Waals surface area contributed by atoms with E-state index >= 15 is 0 Å². The van der Waals surface area contributed by atoms with Crippen LogP contribution in [0.15, 0.2) is 54.6 Å². The third-order valence-corrected chi connectivity index (χ3v) is 4.25. The molecular formula is C22H26N4O4S. The van der Waals surface area contributed by atoms with Crippen molar-refractivity contribution in [3.8, 4) is 5.75 Å². The number of hydrogen-bond acceptors (Lipinski definition) is 5. The second-order valence-corrected chi connectivity index (χ2v) is 7.00. The van der Waals surface area contributed by atoms with Crippen LogP contribution in [-0.2, 0) is 16.1 Å². The topological polar surface area (TPSA) is 109 Å². The fraction of sp³-hybridized carbons (Fsp3) is 0.273. The zero-order chi connectivity index (χ0) is 22.5. The van der Waals surface area contributed by atoms with Crippen molar-refractivity contribution in [2.75, 3.05) is 6.61 Å². The Balaban J connectivity index is 1.64. The molecule has 2 aromatic rings. The number of hydrogen-bond donors (Lipinski definition) is 4. The summed E-state index contributed by atoms with van der Waals surface area (Å²) in [4.78, 5) is 35.9. The summed E-state index contributed by atoms with van der Waals surface area (Å²) in [5.74, 6) is -0.404. The lowest BCUT2D eigenvalue weighted by molar-refractivity contribution is -0.126. The second kappa shape index (κ2) is 13.0. The predicted molar refractivity (Wildman–Crippen MR) is 121 cm³/mol. The minimum absolute atomic E-state index is 0.0244. The summed E-state index contributed by atoms with van der Waals surface area (Å²) in [6, 6.07) is 16.1. The molecule has 0 unspecified atom stereocenters. The number of benzene rings is 2. The summed E-state index contributed by atoms with van der Waals surface area (Å²) in [6.07, 6.45) is 0.904. The van der Waals surface area contributed by atoms with E-state index in [4.69, 9.17) is 17.0 Å². The Kier molecular flexibility index (Phi) is 9.96. The molecule has 9 heteroatoms. The molecule has 0 saturated carbocycles. The SMILES string of the molecule is CCCOc1ccc(C(=O)NC(=S)NNC(=O)CCC(=O)NCc2ccccc2)cc1. The van der Waals surface area contributed by atoms with E-state index in [2.05, 4.69) is 21.5 Å². The van der Waals surface area contributed by atoms with Crippen molar-refractivity contribution in [1.82, 2.24) is 21.5 Å². The summed E-state index contributed by atoms with van der Waals surface area (Å²) in [7, 11) is 0. The van der Waals surface area contributed by atoms with Crippen LogP contribution in [0, 0.1) is 0 Å². The highest BCUT2D eigenvalue weighted by molar-refractivity contribution is 7.80. The Morgan fingerprint density at radius 1 is 0.903 bits per heavy atom. The van der Waals surface area contributed by atoms with Gasteiger partial charge in [-0.05, 0) is 48.5 Å². The zero-order valence-electron chi connectivity index (χ0n) is 17.3. The van der Waals surface area contributed by atoms with Gasteiger partial charge in [-0.3, -0.25) is 30.6 Å². The molecule has 0 bridgehead atoms. The Morgan fingerprint density at radius 3 is 2.26 bits per heavy atom. The summed E-state index contributed by atoms with van der Waals surface area (Å²) in [5, 5.41) is 5.15. The maximum absolute atomic E-state index is 12.2. The standard InChI is InChI=1S/C22H26N4O4S/c1-2-14-30-18-10-8-17(9-11-18)21(29)24-22(31)26-25-20(28)13-12-19(27)23-15-16-6-4-3-5-7-16/h3-11H,2,12-15H2,1H3,(H,23,27)(H,25,28)(H2,24,26,29,31). The molecule has 2 aromatic carbocycles. The minimum Gasteiger partial charge on any atom is -0.494 e. The number of amides is 3. The minimum atomic E-state index is -0.427. The molecule has 0 aromatic heterocycles. The number of carbonyl (C=O) groups is 3. The van der Waals surface area contributed by atoms with Gasteiger partial charge in [-0.15, -0.1) is 0 Å². The van der Waals surface area contributed by atoms with Gasteiger partial charge in [0.15, 0.2) is 5.11 Å². The van der Waals surface area contributed by atoms with Crippen LogP contribution in [0.1, 0.15) is 42.1 Å². The average molecular weight is 443 g/mol. The Morgan fingerprint density at radius 2 is 1.58 bits per heavy atom. The normalized spacial score (nSPS) is 9.97. The van der Waals surface area contributed by atoms with E-state index in [9.17, 15) is 14.4 Å². The number of thiocarbonyl (C=S) groups is 1. The molecule has 164 valence electrons. The predicted octanol–water partition coefficient (Wildman–Crippen LogP) is 2.21. The van der Waals surface area contributed by atoms with E-state index in [0.29, 0.717) is 24.5 Å². The maximum atomic E-state index is 12.2. The number of nitrogens with one attached hydrogen (secondary N) is 4. The molecule has 0 atom stereocenters. The lowest BCUT2D eigenvalue weighted by atomic mass is 10.2. The molecule has 0 saturated heterocycles. The zero-order valence-corrected chi connectivity index (χ0v) is 18.1. The lowest BCUT2D eigenvalue weighted by Gasteiger charge is -2.11. The summed E-state index contributed by atoms with van der Waals surface area (Å²) >= 11 is 5.00. The van der Waals surface area contributed by atoms with E-state index in [0.717, 1.165) is 12.0 Å². The summed E-state index contributed by atoms with van der Waals surface area (Å²) in [6.45, 7) is 3.02. The van der Waals surface area contributed by atoms with Gasteiger partial charge in [-0.25, -0.2) is 0 Å². The highest BCUT2D eigenvalue weighted by atomic mass is 32.1. The van der Waals surface area contributed by atoms with Gasteiger partial charge < -0.3 is 10.1 Å². The van der Waals surface area contributed by atoms with E-state index < -0.39 is 11.8 Å².